The number of nitrogens with zero attached hydrogens (tertiary/aromatic N) is 2. The van der Waals surface area contributed by atoms with E-state index in [1.807, 2.05) is 0 Å². The van der Waals surface area contributed by atoms with Gasteiger partial charge >= 0.3 is 6.03 Å². The van der Waals surface area contributed by atoms with Crippen molar-refractivity contribution in [3.8, 4) is 11.3 Å². The van der Waals surface area contributed by atoms with Crippen LogP contribution < -0.4 is 5.32 Å². The summed E-state index contributed by atoms with van der Waals surface area (Å²) in [7, 11) is 0. The number of rotatable bonds is 5. The van der Waals surface area contributed by atoms with Crippen molar-refractivity contribution in [3.63, 3.8) is 0 Å². The Morgan fingerprint density at radius 1 is 1.06 bits per heavy atom. The highest BCUT2D eigenvalue weighted by Crippen LogP contribution is 2.33. The van der Waals surface area contributed by atoms with Crippen molar-refractivity contribution >= 4 is 46.9 Å². The minimum atomic E-state index is -0.545. The first-order valence-electron chi connectivity index (χ1n) is 8.95. The molecule has 0 unspecified atom stereocenters. The quantitative estimate of drug-likeness (QED) is 0.243. The number of hydrogen-bond donors (Lipinski definition) is 1. The predicted molar refractivity (Wildman–Crippen MR) is 114 cm³/mol. The molecule has 1 aliphatic heterocycles. The zero-order chi connectivity index (χ0) is 22.1. The molecule has 4 rings (SSSR count). The maximum atomic E-state index is 12.6. The molecule has 10 heteroatoms. The molecule has 2 heterocycles. The second-order valence-corrected chi connectivity index (χ2v) is 7.47. The topological polar surface area (TPSA) is 106 Å². The number of non-ortho nitro benzene ring substituents is 1. The summed E-state index contributed by atoms with van der Waals surface area (Å²) in [6, 6.07) is 13.5. The van der Waals surface area contributed by atoms with Gasteiger partial charge in [0, 0.05) is 28.8 Å². The molecule has 0 spiro atoms. The standard InChI is InChI=1S/C21H13Cl2N3O5/c22-13-3-1-12(2-4-13)11-25-20(27)18(24-21(25)28)10-15-6-8-19(31-15)16-7-5-14(26(29)30)9-17(16)23/h1-10H,11H2,(H,24,28)/b18-10-. The van der Waals surface area contributed by atoms with Crippen molar-refractivity contribution < 1.29 is 18.9 Å². The number of amides is 3. The average Bonchev–Trinajstić information content (AvgIpc) is 3.29. The van der Waals surface area contributed by atoms with Gasteiger partial charge < -0.3 is 9.73 Å². The Kier molecular flexibility index (Phi) is 5.50. The Bertz CT molecular complexity index is 1230. The number of nitro groups is 1. The summed E-state index contributed by atoms with van der Waals surface area (Å²) in [5.41, 5.74) is 1.14. The number of nitrogens with one attached hydrogen (secondary N) is 1. The number of benzene rings is 2. The van der Waals surface area contributed by atoms with Crippen LogP contribution in [0.5, 0.6) is 0 Å². The van der Waals surface area contributed by atoms with Crippen LogP contribution in [-0.4, -0.2) is 21.8 Å². The van der Waals surface area contributed by atoms with E-state index in [1.165, 1.54) is 24.3 Å². The zero-order valence-electron chi connectivity index (χ0n) is 15.7. The molecule has 0 bridgehead atoms. The molecule has 1 aromatic heterocycles. The highest BCUT2D eigenvalue weighted by atomic mass is 35.5. The van der Waals surface area contributed by atoms with Crippen LogP contribution in [0.2, 0.25) is 10.0 Å². The first-order chi connectivity index (χ1) is 14.8. The summed E-state index contributed by atoms with van der Waals surface area (Å²) in [5, 5.41) is 14.1. The van der Waals surface area contributed by atoms with Crippen molar-refractivity contribution in [1.29, 1.82) is 0 Å². The predicted octanol–water partition coefficient (Wildman–Crippen LogP) is 5.25. The van der Waals surface area contributed by atoms with Crippen LogP contribution in [0.3, 0.4) is 0 Å². The lowest BCUT2D eigenvalue weighted by Gasteiger charge is -2.11. The van der Waals surface area contributed by atoms with Gasteiger partial charge in [-0.3, -0.25) is 19.8 Å². The molecule has 0 saturated carbocycles. The van der Waals surface area contributed by atoms with Crippen LogP contribution in [0.15, 0.2) is 64.7 Å². The van der Waals surface area contributed by atoms with E-state index in [0.717, 1.165) is 10.5 Å². The van der Waals surface area contributed by atoms with Gasteiger partial charge in [0.05, 0.1) is 16.5 Å². The molecule has 156 valence electrons. The highest BCUT2D eigenvalue weighted by Gasteiger charge is 2.33. The maximum Gasteiger partial charge on any atom is 0.329 e. The van der Waals surface area contributed by atoms with Gasteiger partial charge in [0.2, 0.25) is 0 Å². The number of imide groups is 1. The SMILES string of the molecule is O=C1N/C(=C\c2ccc(-c3ccc([N+](=O)[O-])cc3Cl)o2)C(=O)N1Cc1ccc(Cl)cc1. The van der Waals surface area contributed by atoms with Crippen LogP contribution in [0.25, 0.3) is 17.4 Å². The van der Waals surface area contributed by atoms with E-state index in [1.54, 1.807) is 36.4 Å². The van der Waals surface area contributed by atoms with Crippen molar-refractivity contribution in [2.75, 3.05) is 0 Å². The minimum absolute atomic E-state index is 0.0645. The Morgan fingerprint density at radius 2 is 1.81 bits per heavy atom. The second kappa shape index (κ2) is 8.25. The summed E-state index contributed by atoms with van der Waals surface area (Å²) >= 11 is 12.0. The van der Waals surface area contributed by atoms with Crippen molar-refractivity contribution in [2.45, 2.75) is 6.54 Å². The second-order valence-electron chi connectivity index (χ2n) is 6.63. The van der Waals surface area contributed by atoms with Crippen molar-refractivity contribution in [3.05, 3.63) is 91.8 Å². The Morgan fingerprint density at radius 3 is 2.48 bits per heavy atom. The fourth-order valence-electron chi connectivity index (χ4n) is 3.02. The third-order valence-electron chi connectivity index (χ3n) is 4.56. The molecule has 0 atom stereocenters. The van der Waals surface area contributed by atoms with Crippen LogP contribution in [-0.2, 0) is 11.3 Å². The Hall–Kier alpha value is -3.62. The van der Waals surface area contributed by atoms with Gasteiger partial charge in [0.1, 0.15) is 17.2 Å². The van der Waals surface area contributed by atoms with Gasteiger partial charge in [-0.25, -0.2) is 4.79 Å². The van der Waals surface area contributed by atoms with Crippen LogP contribution in [0.4, 0.5) is 10.5 Å². The lowest BCUT2D eigenvalue weighted by molar-refractivity contribution is -0.384. The first kappa shape index (κ1) is 20.6. The molecule has 1 fully saturated rings. The first-order valence-corrected chi connectivity index (χ1v) is 9.70. The highest BCUT2D eigenvalue weighted by molar-refractivity contribution is 6.33. The molecule has 1 saturated heterocycles. The van der Waals surface area contributed by atoms with Gasteiger partial charge in [0.25, 0.3) is 11.6 Å². The lowest BCUT2D eigenvalue weighted by Crippen LogP contribution is -2.30. The normalized spacial score (nSPS) is 14.9. The van der Waals surface area contributed by atoms with E-state index in [9.17, 15) is 19.7 Å². The molecule has 1 aliphatic rings. The van der Waals surface area contributed by atoms with Gasteiger partial charge in [0.15, 0.2) is 0 Å². The van der Waals surface area contributed by atoms with Crippen LogP contribution in [0, 0.1) is 10.1 Å². The molecule has 8 nitrogen and oxygen atoms in total. The van der Waals surface area contributed by atoms with Gasteiger partial charge in [-0.15, -0.1) is 0 Å². The molecule has 3 aromatic rings. The molecule has 0 aliphatic carbocycles. The van der Waals surface area contributed by atoms with E-state index in [-0.39, 0.29) is 23.0 Å². The summed E-state index contributed by atoms with van der Waals surface area (Å²) in [6.45, 7) is 0.0982. The molecular weight excluding hydrogens is 445 g/mol. The summed E-state index contributed by atoms with van der Waals surface area (Å²) in [4.78, 5) is 36.3. The average molecular weight is 458 g/mol. The zero-order valence-corrected chi connectivity index (χ0v) is 17.2. The number of carbonyl (C=O) groups excluding carboxylic acids is 2. The third-order valence-corrected chi connectivity index (χ3v) is 5.12. The molecule has 1 N–H and O–H groups in total. The summed E-state index contributed by atoms with van der Waals surface area (Å²) in [5.74, 6) is 0.175. The molecular formula is C21H13Cl2N3O5. The summed E-state index contributed by atoms with van der Waals surface area (Å²) < 4.78 is 5.70. The number of furan rings is 1. The molecule has 31 heavy (non-hydrogen) atoms. The van der Waals surface area contributed by atoms with Crippen LogP contribution in [0.1, 0.15) is 11.3 Å². The fourth-order valence-corrected chi connectivity index (χ4v) is 3.42. The van der Waals surface area contributed by atoms with Crippen LogP contribution >= 0.6 is 23.2 Å². The van der Waals surface area contributed by atoms with Crippen molar-refractivity contribution in [2.24, 2.45) is 0 Å². The number of carbonyl (C=O) groups is 2. The minimum Gasteiger partial charge on any atom is -0.457 e. The van der Waals surface area contributed by atoms with Gasteiger partial charge in [-0.2, -0.15) is 0 Å². The van der Waals surface area contributed by atoms with E-state index < -0.39 is 16.9 Å². The number of halogens is 2. The van der Waals surface area contributed by atoms with E-state index in [2.05, 4.69) is 5.32 Å². The third kappa shape index (κ3) is 4.30. The van der Waals surface area contributed by atoms with E-state index in [0.29, 0.717) is 22.1 Å². The maximum absolute atomic E-state index is 12.6. The van der Waals surface area contributed by atoms with E-state index in [4.69, 9.17) is 27.6 Å². The van der Waals surface area contributed by atoms with Crippen molar-refractivity contribution in [1.82, 2.24) is 10.2 Å². The lowest BCUT2D eigenvalue weighted by atomic mass is 10.1. The Balaban J connectivity index is 1.54. The molecule has 3 amide bonds. The fraction of sp³-hybridized carbons (Fsp3) is 0.0476. The monoisotopic (exact) mass is 457 g/mol. The van der Waals surface area contributed by atoms with Gasteiger partial charge in [-0.05, 0) is 35.9 Å². The molecule has 0 radical (unpaired) electrons. The number of nitro benzene ring substituents is 1. The number of hydrogen-bond acceptors (Lipinski definition) is 5. The smallest absolute Gasteiger partial charge is 0.329 e. The Labute approximate surface area is 185 Å². The number of urea groups is 1. The van der Waals surface area contributed by atoms with E-state index >= 15 is 0 Å². The largest absolute Gasteiger partial charge is 0.457 e. The summed E-state index contributed by atoms with van der Waals surface area (Å²) in [6.07, 6.45) is 1.41. The van der Waals surface area contributed by atoms with Gasteiger partial charge in [-0.1, -0.05) is 35.3 Å². The molecule has 2 aromatic carbocycles.